The van der Waals surface area contributed by atoms with Crippen LogP contribution in [0.2, 0.25) is 0 Å². The Balaban J connectivity index is -0.000000131. The summed E-state index contributed by atoms with van der Waals surface area (Å²) in [7, 11) is 1.65. The lowest BCUT2D eigenvalue weighted by Crippen LogP contribution is -2.31. The summed E-state index contributed by atoms with van der Waals surface area (Å²) >= 11 is 0. The van der Waals surface area contributed by atoms with E-state index in [1.807, 2.05) is 0 Å². The molecule has 0 aliphatic rings. The van der Waals surface area contributed by atoms with Crippen LogP contribution in [0, 0.1) is 0 Å². The van der Waals surface area contributed by atoms with Crippen LogP contribution < -0.4 is 23.2 Å². The third-order valence-electron chi connectivity index (χ3n) is 9.33. The first-order valence-electron chi connectivity index (χ1n) is 21.6. The Bertz CT molecular complexity index is 528. The van der Waals surface area contributed by atoms with Gasteiger partial charge in [-0.2, -0.15) is 0 Å². The summed E-state index contributed by atoms with van der Waals surface area (Å²) in [6.45, 7) is 13.6. The van der Waals surface area contributed by atoms with Crippen LogP contribution in [0.4, 0.5) is 0 Å². The molecule has 0 heterocycles. The third kappa shape index (κ3) is 64.6. The number of hydrogen-bond donors (Lipinski definition) is 5. The Kier molecular flexibility index (Phi) is 83.7. The molecule has 0 radical (unpaired) electrons. The number of hydrogen-bond acceptors (Lipinski definition) is 7. The highest BCUT2D eigenvalue weighted by Gasteiger charge is 2.09. The quantitative estimate of drug-likeness (QED) is 0.0180. The number of unbranched alkanes of at least 4 members (excludes halogenated alkanes) is 24. The maximum absolute atomic E-state index is 8.47. The second-order valence-corrected chi connectivity index (χ2v) is 14.2. The van der Waals surface area contributed by atoms with Crippen LogP contribution in [0.25, 0.3) is 0 Å². The SMILES string of the molecule is C.CCCCCCCCC(CCCCCCC)OCCCCCCCN(CN)CCCCCCCC.CCCCCCCCCO.CNN.N.O.O.[HH].[HH]. The molecule has 0 aliphatic heterocycles. The zero-order chi connectivity index (χ0) is 36.0. The lowest BCUT2D eigenvalue weighted by atomic mass is 10.0. The molecule has 0 aliphatic carbocycles. The maximum atomic E-state index is 8.47. The summed E-state index contributed by atoms with van der Waals surface area (Å²) in [6.07, 6.45) is 42.0. The van der Waals surface area contributed by atoms with E-state index < -0.39 is 0 Å². The summed E-state index contributed by atoms with van der Waals surface area (Å²) in [5.74, 6) is 4.60. The van der Waals surface area contributed by atoms with E-state index in [4.69, 9.17) is 15.6 Å². The number of nitrogens with zero attached hydrogens (tertiary/aromatic N) is 1. The zero-order valence-electron chi connectivity index (χ0n) is 35.7. The van der Waals surface area contributed by atoms with E-state index >= 15 is 0 Å². The van der Waals surface area contributed by atoms with Crippen molar-refractivity contribution in [3.05, 3.63) is 0 Å². The normalized spacial score (nSPS) is 10.8. The summed E-state index contributed by atoms with van der Waals surface area (Å²) in [6, 6.07) is 0. The third-order valence-corrected chi connectivity index (χ3v) is 9.33. The van der Waals surface area contributed by atoms with Crippen LogP contribution in [0.15, 0.2) is 0 Å². The molecule has 0 spiro atoms. The lowest BCUT2D eigenvalue weighted by molar-refractivity contribution is 0.0357. The number of rotatable bonds is 37. The molecule has 13 N–H and O–H groups in total. The fourth-order valence-corrected chi connectivity index (χ4v) is 6.14. The first-order chi connectivity index (χ1) is 23.6. The number of aliphatic hydroxyl groups excluding tert-OH is 1. The largest absolute Gasteiger partial charge is 0.412 e. The molecular weight excluding hydrogens is 651 g/mol. The van der Waals surface area contributed by atoms with Gasteiger partial charge in [0.2, 0.25) is 0 Å². The minimum atomic E-state index is 0. The van der Waals surface area contributed by atoms with Crippen molar-refractivity contribution in [2.24, 2.45) is 11.6 Å². The molecular formula is C43H109N5O4. The monoisotopic (exact) mass is 760 g/mol. The Labute approximate surface area is 331 Å². The fraction of sp³-hybridized carbons (Fsp3) is 1.00. The van der Waals surface area contributed by atoms with E-state index in [0.717, 1.165) is 19.7 Å². The summed E-state index contributed by atoms with van der Waals surface area (Å²) in [5, 5.41) is 8.47. The van der Waals surface area contributed by atoms with E-state index in [1.165, 1.54) is 206 Å². The maximum Gasteiger partial charge on any atom is 0.0575 e. The number of nitrogens with one attached hydrogen (secondary N) is 1. The van der Waals surface area contributed by atoms with Gasteiger partial charge >= 0.3 is 0 Å². The number of aliphatic hydroxyl groups is 1. The summed E-state index contributed by atoms with van der Waals surface area (Å²) in [5.41, 5.74) is 8.23. The molecule has 52 heavy (non-hydrogen) atoms. The van der Waals surface area contributed by atoms with E-state index in [0.29, 0.717) is 12.7 Å². The smallest absolute Gasteiger partial charge is 0.0575 e. The van der Waals surface area contributed by atoms with Crippen molar-refractivity contribution in [1.82, 2.24) is 16.5 Å². The van der Waals surface area contributed by atoms with Crippen molar-refractivity contribution in [2.45, 2.75) is 240 Å². The molecule has 0 aromatic carbocycles. The van der Waals surface area contributed by atoms with Crippen LogP contribution in [-0.2, 0) is 4.74 Å². The topological polar surface area (TPSA) is 195 Å². The Hall–Kier alpha value is -0.360. The van der Waals surface area contributed by atoms with E-state index in [1.54, 1.807) is 7.05 Å². The summed E-state index contributed by atoms with van der Waals surface area (Å²) < 4.78 is 6.39. The van der Waals surface area contributed by atoms with Gasteiger partial charge in [0.1, 0.15) is 0 Å². The van der Waals surface area contributed by atoms with Crippen molar-refractivity contribution < 1.29 is 23.6 Å². The standard InChI is InChI=1S/C32H68N2O.C9H20O.CH6N2.CH4.H3N.2H2O.2H2/c1-4-7-10-13-17-22-27-32(26-21-16-12-9-6-3)35-30-25-20-15-19-24-29-34(31-33)28-23-18-14-11-8-5-2;1-2-3-4-5-6-7-8-9-10;1-3-2;;;;;;/h32H,4-31,33H2,1-3H3;10H,2-9H2,1H3;3H,2H2,1H3;1H4;1H3;2*1H2;2*1H. The van der Waals surface area contributed by atoms with Crippen molar-refractivity contribution >= 4 is 0 Å². The highest BCUT2D eigenvalue weighted by atomic mass is 16.5. The number of nitrogens with two attached hydrogens (primary N) is 2. The van der Waals surface area contributed by atoms with Crippen molar-refractivity contribution in [1.29, 1.82) is 0 Å². The van der Waals surface area contributed by atoms with E-state index in [9.17, 15) is 0 Å². The predicted octanol–water partition coefficient (Wildman–Crippen LogP) is 11.5. The van der Waals surface area contributed by atoms with E-state index in [2.05, 4.69) is 43.9 Å². The minimum Gasteiger partial charge on any atom is -0.412 e. The summed E-state index contributed by atoms with van der Waals surface area (Å²) in [4.78, 5) is 2.45. The first kappa shape index (κ1) is 66.5. The Morgan fingerprint density at radius 2 is 0.827 bits per heavy atom. The highest BCUT2D eigenvalue weighted by Crippen LogP contribution is 2.17. The fourth-order valence-electron chi connectivity index (χ4n) is 6.14. The van der Waals surface area contributed by atoms with Gasteiger partial charge in [-0.1, -0.05) is 196 Å². The van der Waals surface area contributed by atoms with Gasteiger partial charge in [-0.15, -0.1) is 0 Å². The van der Waals surface area contributed by atoms with Gasteiger partial charge in [0, 0.05) is 22.7 Å². The van der Waals surface area contributed by atoms with Crippen molar-refractivity contribution in [3.63, 3.8) is 0 Å². The molecule has 0 fully saturated rings. The molecule has 330 valence electrons. The van der Waals surface area contributed by atoms with Crippen LogP contribution in [0.1, 0.15) is 237 Å². The lowest BCUT2D eigenvalue weighted by Gasteiger charge is -2.20. The average molecular weight is 760 g/mol. The molecule has 0 amide bonds. The van der Waals surface area contributed by atoms with Crippen molar-refractivity contribution in [2.75, 3.05) is 40.0 Å². The van der Waals surface area contributed by atoms with Gasteiger partial charge < -0.3 is 32.7 Å². The van der Waals surface area contributed by atoms with Crippen LogP contribution >= 0.6 is 0 Å². The molecule has 0 aromatic heterocycles. The van der Waals surface area contributed by atoms with Crippen LogP contribution in [-0.4, -0.2) is 67.1 Å². The predicted molar refractivity (Wildman–Crippen MR) is 240 cm³/mol. The second-order valence-electron chi connectivity index (χ2n) is 14.2. The molecule has 0 saturated heterocycles. The van der Waals surface area contributed by atoms with Gasteiger partial charge in [0.25, 0.3) is 0 Å². The number of hydrazine groups is 1. The van der Waals surface area contributed by atoms with Gasteiger partial charge in [-0.05, 0) is 58.7 Å². The second kappa shape index (κ2) is 65.5. The molecule has 9 nitrogen and oxygen atoms in total. The molecule has 1 atom stereocenters. The average Bonchev–Trinajstić information content (AvgIpc) is 3.09. The number of ether oxygens (including phenoxy) is 1. The molecule has 1 unspecified atom stereocenters. The molecule has 0 bridgehead atoms. The van der Waals surface area contributed by atoms with Crippen LogP contribution in [0.3, 0.4) is 0 Å². The first-order valence-corrected chi connectivity index (χ1v) is 21.6. The van der Waals surface area contributed by atoms with Crippen molar-refractivity contribution in [3.8, 4) is 0 Å². The van der Waals surface area contributed by atoms with Gasteiger partial charge in [0.15, 0.2) is 0 Å². The molecule has 0 aromatic rings. The van der Waals surface area contributed by atoms with E-state index in [-0.39, 0.29) is 27.4 Å². The Morgan fingerprint density at radius 1 is 0.538 bits per heavy atom. The highest BCUT2D eigenvalue weighted by molar-refractivity contribution is 4.61. The zero-order valence-corrected chi connectivity index (χ0v) is 35.7. The molecule has 0 rings (SSSR count). The minimum absolute atomic E-state index is 0. The molecule has 9 heteroatoms. The Morgan fingerprint density at radius 3 is 1.15 bits per heavy atom. The van der Waals surface area contributed by atoms with Gasteiger partial charge in [-0.3, -0.25) is 16.2 Å². The van der Waals surface area contributed by atoms with Gasteiger partial charge in [-0.25, -0.2) is 0 Å². The molecule has 0 saturated carbocycles. The van der Waals surface area contributed by atoms with Gasteiger partial charge in [0.05, 0.1) is 6.10 Å². The van der Waals surface area contributed by atoms with Crippen LogP contribution in [0.5, 0.6) is 0 Å².